The van der Waals surface area contributed by atoms with Crippen molar-refractivity contribution in [2.45, 2.75) is 26.9 Å². The number of amides is 3. The molecule has 0 aliphatic carbocycles. The molecule has 0 saturated carbocycles. The Kier molecular flexibility index (Phi) is 6.87. The smallest absolute Gasteiger partial charge is 0.339 e. The van der Waals surface area contributed by atoms with Gasteiger partial charge in [0.05, 0.1) is 5.56 Å². The van der Waals surface area contributed by atoms with Gasteiger partial charge in [-0.1, -0.05) is 30.3 Å². The minimum Gasteiger partial charge on any atom is -0.444 e. The van der Waals surface area contributed by atoms with Crippen molar-refractivity contribution in [1.29, 1.82) is 0 Å². The van der Waals surface area contributed by atoms with E-state index in [1.165, 1.54) is 0 Å². The number of hydrogen-bond donors (Lipinski definition) is 2. The largest absolute Gasteiger partial charge is 0.444 e. The van der Waals surface area contributed by atoms with E-state index in [4.69, 9.17) is 4.74 Å². The molecular formula is C24H25N3O4. The van der Waals surface area contributed by atoms with Crippen LogP contribution >= 0.6 is 0 Å². The second-order valence-corrected chi connectivity index (χ2v) is 7.04. The van der Waals surface area contributed by atoms with Crippen LogP contribution in [-0.2, 0) is 9.53 Å². The molecule has 160 valence electrons. The lowest BCUT2D eigenvalue weighted by atomic mass is 10.1. The van der Waals surface area contributed by atoms with Crippen molar-refractivity contribution in [3.63, 3.8) is 0 Å². The van der Waals surface area contributed by atoms with Crippen LogP contribution in [0.1, 0.15) is 40.3 Å². The third-order valence-corrected chi connectivity index (χ3v) is 4.77. The van der Waals surface area contributed by atoms with Crippen LogP contribution in [-0.4, -0.2) is 29.0 Å². The number of imide groups is 1. The Labute approximate surface area is 181 Å². The summed E-state index contributed by atoms with van der Waals surface area (Å²) in [6.07, 6.45) is -1.26. The van der Waals surface area contributed by atoms with Crippen molar-refractivity contribution >= 4 is 17.9 Å². The molecule has 1 atom stereocenters. The molecule has 1 aromatic heterocycles. The van der Waals surface area contributed by atoms with Gasteiger partial charge in [0, 0.05) is 29.2 Å². The van der Waals surface area contributed by atoms with Crippen molar-refractivity contribution in [3.05, 3.63) is 89.2 Å². The number of nitrogens with zero attached hydrogens (tertiary/aromatic N) is 1. The molecule has 2 aromatic carbocycles. The summed E-state index contributed by atoms with van der Waals surface area (Å²) in [6, 6.07) is 18.9. The van der Waals surface area contributed by atoms with Gasteiger partial charge in [0.2, 0.25) is 6.10 Å². The van der Waals surface area contributed by atoms with E-state index >= 15 is 0 Å². The summed E-state index contributed by atoms with van der Waals surface area (Å²) in [5.41, 5.74) is 3.86. The fourth-order valence-electron chi connectivity index (χ4n) is 3.28. The molecular weight excluding hydrogens is 394 g/mol. The number of aryl methyl sites for hydroxylation is 2. The zero-order valence-corrected chi connectivity index (χ0v) is 17.7. The highest BCUT2D eigenvalue weighted by molar-refractivity contribution is 5.99. The minimum absolute atomic E-state index is 0.304. The fraction of sp³-hybridized carbons (Fsp3) is 0.208. The van der Waals surface area contributed by atoms with Crippen LogP contribution in [0.15, 0.2) is 66.7 Å². The molecule has 3 rings (SSSR count). The predicted octanol–water partition coefficient (Wildman–Crippen LogP) is 3.84. The quantitative estimate of drug-likeness (QED) is 0.594. The minimum atomic E-state index is -1.26. The molecule has 2 N–H and O–H groups in total. The van der Waals surface area contributed by atoms with E-state index in [0.717, 1.165) is 17.1 Å². The number of benzene rings is 2. The predicted molar refractivity (Wildman–Crippen MR) is 117 cm³/mol. The van der Waals surface area contributed by atoms with Gasteiger partial charge in [-0.05, 0) is 57.2 Å². The van der Waals surface area contributed by atoms with Crippen LogP contribution in [0.5, 0.6) is 0 Å². The van der Waals surface area contributed by atoms with Crippen LogP contribution in [0.4, 0.5) is 4.79 Å². The lowest BCUT2D eigenvalue weighted by molar-refractivity contribution is -0.129. The summed E-state index contributed by atoms with van der Waals surface area (Å²) >= 11 is 0. The van der Waals surface area contributed by atoms with E-state index in [-0.39, 0.29) is 0 Å². The van der Waals surface area contributed by atoms with Crippen molar-refractivity contribution in [2.75, 3.05) is 6.54 Å². The Balaban J connectivity index is 1.80. The van der Waals surface area contributed by atoms with Crippen LogP contribution in [0.3, 0.4) is 0 Å². The molecule has 0 spiro atoms. The average Bonchev–Trinajstić information content (AvgIpc) is 3.10. The van der Waals surface area contributed by atoms with Gasteiger partial charge in [-0.2, -0.15) is 0 Å². The van der Waals surface area contributed by atoms with Gasteiger partial charge >= 0.3 is 12.0 Å². The first-order chi connectivity index (χ1) is 14.9. The highest BCUT2D eigenvalue weighted by Gasteiger charge is 2.27. The van der Waals surface area contributed by atoms with E-state index in [0.29, 0.717) is 17.7 Å². The summed E-state index contributed by atoms with van der Waals surface area (Å²) in [7, 11) is 0. The Morgan fingerprint density at radius 3 is 2.10 bits per heavy atom. The van der Waals surface area contributed by atoms with E-state index in [1.54, 1.807) is 49.4 Å². The van der Waals surface area contributed by atoms with Gasteiger partial charge < -0.3 is 14.6 Å². The van der Waals surface area contributed by atoms with E-state index in [9.17, 15) is 14.4 Å². The van der Waals surface area contributed by atoms with Gasteiger partial charge in [-0.3, -0.25) is 10.1 Å². The lowest BCUT2D eigenvalue weighted by Crippen LogP contribution is -2.42. The molecule has 1 heterocycles. The summed E-state index contributed by atoms with van der Waals surface area (Å²) in [4.78, 5) is 37.2. The number of ether oxygens (including phenoxy) is 1. The highest BCUT2D eigenvalue weighted by atomic mass is 16.5. The van der Waals surface area contributed by atoms with Gasteiger partial charge in [0.15, 0.2) is 0 Å². The zero-order chi connectivity index (χ0) is 22.4. The van der Waals surface area contributed by atoms with Crippen LogP contribution in [0, 0.1) is 13.8 Å². The van der Waals surface area contributed by atoms with Crippen molar-refractivity contribution < 1.29 is 19.1 Å². The van der Waals surface area contributed by atoms with E-state index < -0.39 is 24.0 Å². The fourth-order valence-corrected chi connectivity index (χ4v) is 3.28. The second-order valence-electron chi connectivity index (χ2n) is 7.04. The number of carbonyl (C=O) groups excluding carboxylic acids is 3. The monoisotopic (exact) mass is 419 g/mol. The Hall–Kier alpha value is -3.87. The first kappa shape index (κ1) is 21.8. The highest BCUT2D eigenvalue weighted by Crippen LogP contribution is 2.21. The number of hydrogen-bond acceptors (Lipinski definition) is 4. The molecule has 7 nitrogen and oxygen atoms in total. The second kappa shape index (κ2) is 9.75. The van der Waals surface area contributed by atoms with Gasteiger partial charge in [-0.15, -0.1) is 0 Å². The van der Waals surface area contributed by atoms with Crippen LogP contribution < -0.4 is 10.6 Å². The number of carbonyl (C=O) groups is 3. The lowest BCUT2D eigenvalue weighted by Gasteiger charge is -2.18. The Morgan fingerprint density at radius 1 is 0.903 bits per heavy atom. The summed E-state index contributed by atoms with van der Waals surface area (Å²) in [6.45, 7) is 6.11. The van der Waals surface area contributed by atoms with E-state index in [2.05, 4.69) is 15.2 Å². The SMILES string of the molecule is CCNC(=O)NC(=O)[C@@H](OC(=O)c1ccc(-n2c(C)ccc2C)cc1)c1ccccc1. The van der Waals surface area contributed by atoms with Gasteiger partial charge in [-0.25, -0.2) is 9.59 Å². The maximum atomic E-state index is 12.8. The topological polar surface area (TPSA) is 89.4 Å². The molecule has 31 heavy (non-hydrogen) atoms. The first-order valence-electron chi connectivity index (χ1n) is 10.0. The molecule has 3 aromatic rings. The molecule has 0 aliphatic heterocycles. The molecule has 0 saturated heterocycles. The van der Waals surface area contributed by atoms with Crippen molar-refractivity contribution in [3.8, 4) is 5.69 Å². The van der Waals surface area contributed by atoms with E-state index in [1.807, 2.05) is 38.1 Å². The van der Waals surface area contributed by atoms with Crippen LogP contribution in [0.25, 0.3) is 5.69 Å². The summed E-state index contributed by atoms with van der Waals surface area (Å²) in [5, 5.41) is 4.69. The maximum Gasteiger partial charge on any atom is 0.339 e. The molecule has 0 bridgehead atoms. The molecule has 7 heteroatoms. The normalized spacial score (nSPS) is 11.5. The van der Waals surface area contributed by atoms with Gasteiger partial charge in [0.25, 0.3) is 5.91 Å². The third-order valence-electron chi connectivity index (χ3n) is 4.77. The number of rotatable bonds is 6. The Bertz CT molecular complexity index is 1050. The zero-order valence-electron chi connectivity index (χ0n) is 17.7. The van der Waals surface area contributed by atoms with Gasteiger partial charge in [0.1, 0.15) is 0 Å². The number of nitrogens with one attached hydrogen (secondary N) is 2. The number of esters is 1. The Morgan fingerprint density at radius 2 is 1.52 bits per heavy atom. The maximum absolute atomic E-state index is 12.8. The molecule has 0 fully saturated rings. The number of aromatic nitrogens is 1. The molecule has 0 radical (unpaired) electrons. The van der Waals surface area contributed by atoms with Crippen molar-refractivity contribution in [1.82, 2.24) is 15.2 Å². The summed E-state index contributed by atoms with van der Waals surface area (Å²) in [5.74, 6) is -1.38. The molecule has 0 aliphatic rings. The number of urea groups is 1. The molecule has 0 unspecified atom stereocenters. The first-order valence-corrected chi connectivity index (χ1v) is 10.0. The van der Waals surface area contributed by atoms with Crippen molar-refractivity contribution in [2.24, 2.45) is 0 Å². The average molecular weight is 419 g/mol. The summed E-state index contributed by atoms with van der Waals surface area (Å²) < 4.78 is 7.57. The standard InChI is InChI=1S/C24H25N3O4/c1-4-25-24(30)26-22(28)21(18-8-6-5-7-9-18)31-23(29)19-12-14-20(15-13-19)27-16(2)10-11-17(27)3/h5-15,21H,4H2,1-3H3,(H2,25,26,28,30)/t21-/m0/s1. The molecule has 3 amide bonds. The third kappa shape index (κ3) is 5.19. The van der Waals surface area contributed by atoms with Crippen LogP contribution in [0.2, 0.25) is 0 Å².